The zero-order valence-electron chi connectivity index (χ0n) is 10.3. The van der Waals surface area contributed by atoms with Crippen LogP contribution >= 0.6 is 0 Å². The van der Waals surface area contributed by atoms with E-state index in [1.54, 1.807) is 6.20 Å². The van der Waals surface area contributed by atoms with Gasteiger partial charge in [-0.15, -0.1) is 0 Å². The molecule has 16 heavy (non-hydrogen) atoms. The van der Waals surface area contributed by atoms with Crippen LogP contribution in [0.5, 0.6) is 0 Å². The van der Waals surface area contributed by atoms with E-state index in [1.165, 1.54) is 0 Å². The van der Waals surface area contributed by atoms with Gasteiger partial charge in [-0.25, -0.2) is 4.98 Å². The smallest absolute Gasteiger partial charge is 0.0946 e. The van der Waals surface area contributed by atoms with Crippen molar-refractivity contribution in [3.05, 3.63) is 18.7 Å². The van der Waals surface area contributed by atoms with Crippen molar-refractivity contribution in [2.24, 2.45) is 0 Å². The second kappa shape index (κ2) is 7.41. The van der Waals surface area contributed by atoms with Gasteiger partial charge >= 0.3 is 0 Å². The van der Waals surface area contributed by atoms with Crippen LogP contribution in [0.25, 0.3) is 0 Å². The Bertz CT molecular complexity index is 257. The van der Waals surface area contributed by atoms with Crippen molar-refractivity contribution >= 4 is 0 Å². The van der Waals surface area contributed by atoms with E-state index < -0.39 is 0 Å². The molecule has 0 fully saturated rings. The largest absolute Gasteiger partial charge is 0.395 e. The number of aliphatic hydroxyl groups is 1. The lowest BCUT2D eigenvalue weighted by Crippen LogP contribution is -2.38. The number of rotatable bonds is 8. The van der Waals surface area contributed by atoms with Gasteiger partial charge < -0.3 is 9.67 Å². The Hall–Kier alpha value is -0.870. The van der Waals surface area contributed by atoms with E-state index >= 15 is 0 Å². The molecular weight excluding hydrogens is 202 g/mol. The summed E-state index contributed by atoms with van der Waals surface area (Å²) in [5.41, 5.74) is 0. The zero-order chi connectivity index (χ0) is 11.8. The molecule has 0 spiro atoms. The maximum absolute atomic E-state index is 9.07. The van der Waals surface area contributed by atoms with Gasteiger partial charge in [0.1, 0.15) is 0 Å². The average Bonchev–Trinajstić information content (AvgIpc) is 2.80. The molecule has 0 bridgehead atoms. The normalized spacial score (nSPS) is 11.6. The maximum Gasteiger partial charge on any atom is 0.0946 e. The van der Waals surface area contributed by atoms with E-state index in [9.17, 15) is 0 Å². The van der Waals surface area contributed by atoms with Gasteiger partial charge in [-0.2, -0.15) is 0 Å². The summed E-state index contributed by atoms with van der Waals surface area (Å²) >= 11 is 0. The molecule has 1 heterocycles. The minimum absolute atomic E-state index is 0.237. The molecule has 0 atom stereocenters. The fourth-order valence-corrected chi connectivity index (χ4v) is 2.07. The fraction of sp³-hybridized carbons (Fsp3) is 0.750. The Morgan fingerprint density at radius 1 is 1.31 bits per heavy atom. The molecule has 0 aliphatic carbocycles. The third-order valence-electron chi connectivity index (χ3n) is 3.05. The van der Waals surface area contributed by atoms with Gasteiger partial charge in [-0.1, -0.05) is 13.8 Å². The molecule has 0 amide bonds. The van der Waals surface area contributed by atoms with Gasteiger partial charge in [0.25, 0.3) is 0 Å². The molecule has 1 N–H and O–H groups in total. The summed E-state index contributed by atoms with van der Waals surface area (Å²) in [4.78, 5) is 6.39. The van der Waals surface area contributed by atoms with Crippen molar-refractivity contribution in [2.45, 2.75) is 39.3 Å². The van der Waals surface area contributed by atoms with Crippen LogP contribution in [0.2, 0.25) is 0 Å². The summed E-state index contributed by atoms with van der Waals surface area (Å²) in [6, 6.07) is 0.579. The van der Waals surface area contributed by atoms with Crippen LogP contribution in [0.4, 0.5) is 0 Å². The Balaban J connectivity index is 2.43. The summed E-state index contributed by atoms with van der Waals surface area (Å²) in [6.07, 6.45) is 7.89. The first-order valence-electron chi connectivity index (χ1n) is 6.12. The van der Waals surface area contributed by atoms with Crippen molar-refractivity contribution in [3.63, 3.8) is 0 Å². The number of hydrogen-bond donors (Lipinski definition) is 1. The molecule has 0 unspecified atom stereocenters. The molecule has 4 nitrogen and oxygen atoms in total. The van der Waals surface area contributed by atoms with Crippen LogP contribution in [0.15, 0.2) is 18.7 Å². The standard InChI is InChI=1S/C12H23N3O/c1-3-12(4-2)15(9-10-16)8-7-14-6-5-13-11-14/h5-6,11-12,16H,3-4,7-10H2,1-2H3. The van der Waals surface area contributed by atoms with Gasteiger partial charge in [-0.3, -0.25) is 4.90 Å². The average molecular weight is 225 g/mol. The Kier molecular flexibility index (Phi) is 6.11. The Labute approximate surface area is 97.9 Å². The Morgan fingerprint density at radius 2 is 2.06 bits per heavy atom. The van der Waals surface area contributed by atoms with Gasteiger partial charge in [0.15, 0.2) is 0 Å². The van der Waals surface area contributed by atoms with Crippen LogP contribution in [-0.4, -0.2) is 45.3 Å². The SMILES string of the molecule is CCC(CC)N(CCO)CCn1ccnc1. The van der Waals surface area contributed by atoms with Gasteiger partial charge in [0.2, 0.25) is 0 Å². The summed E-state index contributed by atoms with van der Waals surface area (Å²) in [7, 11) is 0. The number of aliphatic hydroxyl groups excluding tert-OH is 1. The first-order valence-corrected chi connectivity index (χ1v) is 6.12. The number of imidazole rings is 1. The molecule has 1 rings (SSSR count). The van der Waals surface area contributed by atoms with E-state index in [0.29, 0.717) is 6.04 Å². The van der Waals surface area contributed by atoms with Crippen molar-refractivity contribution in [1.29, 1.82) is 0 Å². The third-order valence-corrected chi connectivity index (χ3v) is 3.05. The zero-order valence-corrected chi connectivity index (χ0v) is 10.3. The quantitative estimate of drug-likeness (QED) is 0.726. The first kappa shape index (κ1) is 13.2. The van der Waals surface area contributed by atoms with Gasteiger partial charge in [0.05, 0.1) is 12.9 Å². The molecule has 0 aliphatic heterocycles. The highest BCUT2D eigenvalue weighted by atomic mass is 16.3. The lowest BCUT2D eigenvalue weighted by molar-refractivity contribution is 0.139. The second-order valence-electron chi connectivity index (χ2n) is 4.03. The lowest BCUT2D eigenvalue weighted by Gasteiger charge is -2.29. The molecule has 0 aliphatic rings. The molecular formula is C12H23N3O. The Morgan fingerprint density at radius 3 is 2.56 bits per heavy atom. The monoisotopic (exact) mass is 225 g/mol. The van der Waals surface area contributed by atoms with E-state index in [-0.39, 0.29) is 6.61 Å². The second-order valence-corrected chi connectivity index (χ2v) is 4.03. The van der Waals surface area contributed by atoms with Crippen molar-refractivity contribution in [1.82, 2.24) is 14.5 Å². The highest BCUT2D eigenvalue weighted by Crippen LogP contribution is 2.08. The van der Waals surface area contributed by atoms with Crippen molar-refractivity contribution < 1.29 is 5.11 Å². The fourth-order valence-electron chi connectivity index (χ4n) is 2.07. The third kappa shape index (κ3) is 3.94. The minimum Gasteiger partial charge on any atom is -0.395 e. The van der Waals surface area contributed by atoms with Crippen LogP contribution in [0.1, 0.15) is 26.7 Å². The lowest BCUT2D eigenvalue weighted by atomic mass is 10.1. The van der Waals surface area contributed by atoms with Crippen molar-refractivity contribution in [2.75, 3.05) is 19.7 Å². The molecule has 4 heteroatoms. The minimum atomic E-state index is 0.237. The van der Waals surface area contributed by atoms with Crippen LogP contribution in [0, 0.1) is 0 Å². The molecule has 1 aromatic heterocycles. The maximum atomic E-state index is 9.07. The molecule has 1 aromatic rings. The number of nitrogens with zero attached hydrogens (tertiary/aromatic N) is 3. The molecule has 0 radical (unpaired) electrons. The molecule has 92 valence electrons. The highest BCUT2D eigenvalue weighted by molar-refractivity contribution is 4.76. The van der Waals surface area contributed by atoms with E-state index in [2.05, 4.69) is 28.3 Å². The van der Waals surface area contributed by atoms with E-state index in [1.807, 2.05) is 12.5 Å². The van der Waals surface area contributed by atoms with Gasteiger partial charge in [0, 0.05) is 38.1 Å². The number of aromatic nitrogens is 2. The first-order chi connectivity index (χ1) is 7.81. The van der Waals surface area contributed by atoms with Gasteiger partial charge in [-0.05, 0) is 12.8 Å². The van der Waals surface area contributed by atoms with Crippen molar-refractivity contribution in [3.8, 4) is 0 Å². The topological polar surface area (TPSA) is 41.3 Å². The molecule has 0 saturated carbocycles. The summed E-state index contributed by atoms with van der Waals surface area (Å²) < 4.78 is 2.08. The summed E-state index contributed by atoms with van der Waals surface area (Å²) in [5.74, 6) is 0. The predicted molar refractivity (Wildman–Crippen MR) is 65.3 cm³/mol. The summed E-state index contributed by atoms with van der Waals surface area (Å²) in [6.45, 7) is 7.33. The molecule has 0 aromatic carbocycles. The summed E-state index contributed by atoms with van der Waals surface area (Å²) in [5, 5.41) is 9.07. The highest BCUT2D eigenvalue weighted by Gasteiger charge is 2.13. The molecule has 0 saturated heterocycles. The van der Waals surface area contributed by atoms with Crippen LogP contribution in [0.3, 0.4) is 0 Å². The number of hydrogen-bond acceptors (Lipinski definition) is 3. The van der Waals surface area contributed by atoms with Crippen LogP contribution in [-0.2, 0) is 6.54 Å². The predicted octanol–water partition coefficient (Wildman–Crippen LogP) is 1.37. The van der Waals surface area contributed by atoms with E-state index in [4.69, 9.17) is 5.11 Å². The van der Waals surface area contributed by atoms with Crippen LogP contribution < -0.4 is 0 Å². The van der Waals surface area contributed by atoms with E-state index in [0.717, 1.165) is 32.5 Å².